The molecule has 0 fully saturated rings. The fraction of sp³-hybridized carbons (Fsp3) is 0. The lowest BCUT2D eigenvalue weighted by Crippen LogP contribution is -1.89. The van der Waals surface area contributed by atoms with Gasteiger partial charge in [0.25, 0.3) is 0 Å². The van der Waals surface area contributed by atoms with Crippen LogP contribution in [0.15, 0.2) is 54.6 Å². The van der Waals surface area contributed by atoms with E-state index in [2.05, 4.69) is 5.32 Å². The van der Waals surface area contributed by atoms with Crippen LogP contribution in [0.5, 0.6) is 5.75 Å². The number of carbonyl (C=O) groups excluding carboxylic acids is 1. The summed E-state index contributed by atoms with van der Waals surface area (Å²) in [5, 5.41) is 12.6. The Morgan fingerprint density at radius 2 is 1.44 bits per heavy atom. The summed E-state index contributed by atoms with van der Waals surface area (Å²) >= 11 is 0. The molecule has 82 valence electrons. The first-order chi connectivity index (χ1) is 7.86. The first-order valence-electron chi connectivity index (χ1n) is 4.75. The van der Waals surface area contributed by atoms with Gasteiger partial charge in [0.2, 0.25) is 0 Å². The molecule has 0 aliphatic carbocycles. The maximum absolute atomic E-state index is 9.51. The average molecular weight is 215 g/mol. The highest BCUT2D eigenvalue weighted by Gasteiger charge is 1.97. The molecule has 2 aromatic rings. The number of phenols is 1. The molecular weight excluding hydrogens is 202 g/mol. The van der Waals surface area contributed by atoms with Crippen molar-refractivity contribution < 1.29 is 9.90 Å². The van der Waals surface area contributed by atoms with Crippen LogP contribution in [0, 0.1) is 0 Å². The summed E-state index contributed by atoms with van der Waals surface area (Å²) in [5.41, 5.74) is 1.69. The molecule has 0 heterocycles. The Labute approximate surface area is 94.4 Å². The zero-order chi connectivity index (χ0) is 11.8. The fourth-order valence-corrected chi connectivity index (χ4v) is 1.26. The number of hydrogen-bond acceptors (Lipinski definition) is 3. The topological polar surface area (TPSA) is 49.3 Å². The number of anilines is 2. The van der Waals surface area contributed by atoms with Gasteiger partial charge in [-0.25, -0.2) is 0 Å². The van der Waals surface area contributed by atoms with E-state index < -0.39 is 0 Å². The van der Waals surface area contributed by atoms with Crippen molar-refractivity contribution in [3.8, 4) is 5.75 Å². The molecule has 0 bridgehead atoms. The first-order valence-corrected chi connectivity index (χ1v) is 4.75. The number of hydrogen-bond donors (Lipinski definition) is 2. The number of phenolic OH excluding ortho intramolecular Hbond substituents is 1. The number of aromatic hydroxyl groups is 1. The third-order valence-electron chi connectivity index (χ3n) is 1.96. The molecule has 0 aromatic heterocycles. The van der Waals surface area contributed by atoms with E-state index in [4.69, 9.17) is 4.79 Å². The number of benzene rings is 2. The van der Waals surface area contributed by atoms with Crippen LogP contribution in [0.25, 0.3) is 0 Å². The predicted octanol–water partition coefficient (Wildman–Crippen LogP) is 2.95. The van der Waals surface area contributed by atoms with E-state index in [0.29, 0.717) is 0 Å². The summed E-state index contributed by atoms with van der Waals surface area (Å²) in [6.07, 6.45) is 0. The van der Waals surface area contributed by atoms with Gasteiger partial charge in [-0.2, -0.15) is 0 Å². The Hall–Kier alpha value is -2.29. The Morgan fingerprint density at radius 1 is 0.875 bits per heavy atom. The number of rotatable bonds is 2. The molecule has 0 aliphatic rings. The monoisotopic (exact) mass is 215 g/mol. The second-order valence-electron chi connectivity index (χ2n) is 3.01. The van der Waals surface area contributed by atoms with Crippen LogP contribution < -0.4 is 5.32 Å². The Balaban J connectivity index is 0.000000606. The first kappa shape index (κ1) is 11.8. The van der Waals surface area contributed by atoms with Gasteiger partial charge in [0.15, 0.2) is 0 Å². The maximum atomic E-state index is 9.51. The van der Waals surface area contributed by atoms with Crippen molar-refractivity contribution >= 4 is 18.2 Å². The van der Waals surface area contributed by atoms with Crippen LogP contribution in [0.1, 0.15) is 0 Å². The van der Waals surface area contributed by atoms with Gasteiger partial charge in [-0.3, -0.25) is 0 Å². The van der Waals surface area contributed by atoms with Crippen LogP contribution in [0.2, 0.25) is 0 Å². The van der Waals surface area contributed by atoms with Crippen LogP contribution in [0.4, 0.5) is 11.4 Å². The Morgan fingerprint density at radius 3 is 2.06 bits per heavy atom. The smallest absolute Gasteiger partial charge is 0.139 e. The number of carbonyl (C=O) groups is 1. The van der Waals surface area contributed by atoms with Gasteiger partial charge in [0.1, 0.15) is 12.5 Å². The SMILES string of the molecule is C=O.Oc1ccccc1Nc1ccccc1. The van der Waals surface area contributed by atoms with Gasteiger partial charge in [-0.1, -0.05) is 30.3 Å². The largest absolute Gasteiger partial charge is 0.506 e. The van der Waals surface area contributed by atoms with E-state index >= 15 is 0 Å². The normalized spacial score (nSPS) is 8.75. The molecule has 3 nitrogen and oxygen atoms in total. The second-order valence-corrected chi connectivity index (χ2v) is 3.01. The van der Waals surface area contributed by atoms with Gasteiger partial charge in [-0.15, -0.1) is 0 Å². The van der Waals surface area contributed by atoms with Gasteiger partial charge in [-0.05, 0) is 24.3 Å². The third kappa shape index (κ3) is 3.13. The molecule has 0 unspecified atom stereocenters. The zero-order valence-corrected chi connectivity index (χ0v) is 8.76. The quantitative estimate of drug-likeness (QED) is 0.757. The lowest BCUT2D eigenvalue weighted by atomic mass is 10.2. The minimum atomic E-state index is 0.261. The van der Waals surface area contributed by atoms with E-state index in [1.165, 1.54) is 0 Å². The predicted molar refractivity (Wildman–Crippen MR) is 65.0 cm³/mol. The number of para-hydroxylation sites is 3. The van der Waals surface area contributed by atoms with E-state index in [0.717, 1.165) is 11.4 Å². The van der Waals surface area contributed by atoms with Crippen LogP contribution in [0.3, 0.4) is 0 Å². The summed E-state index contributed by atoms with van der Waals surface area (Å²) in [6.45, 7) is 2.00. The highest BCUT2D eigenvalue weighted by atomic mass is 16.3. The molecule has 2 N–H and O–H groups in total. The van der Waals surface area contributed by atoms with Crippen molar-refractivity contribution in [1.29, 1.82) is 0 Å². The van der Waals surface area contributed by atoms with Crippen LogP contribution >= 0.6 is 0 Å². The lowest BCUT2D eigenvalue weighted by Gasteiger charge is -2.07. The summed E-state index contributed by atoms with van der Waals surface area (Å²) in [6, 6.07) is 16.9. The van der Waals surface area contributed by atoms with Crippen molar-refractivity contribution in [2.75, 3.05) is 5.32 Å². The number of nitrogens with one attached hydrogen (secondary N) is 1. The van der Waals surface area contributed by atoms with Gasteiger partial charge in [0, 0.05) is 5.69 Å². The summed E-state index contributed by atoms with van der Waals surface area (Å²) < 4.78 is 0. The fourth-order valence-electron chi connectivity index (χ4n) is 1.26. The van der Waals surface area contributed by atoms with Gasteiger partial charge < -0.3 is 15.2 Å². The van der Waals surface area contributed by atoms with Crippen molar-refractivity contribution in [1.82, 2.24) is 0 Å². The molecule has 0 radical (unpaired) electrons. The van der Waals surface area contributed by atoms with Crippen LogP contribution in [-0.4, -0.2) is 11.9 Å². The van der Waals surface area contributed by atoms with E-state index in [1.807, 2.05) is 49.3 Å². The molecule has 0 amide bonds. The van der Waals surface area contributed by atoms with Gasteiger partial charge >= 0.3 is 0 Å². The lowest BCUT2D eigenvalue weighted by molar-refractivity contribution is -0.0979. The molecule has 0 atom stereocenters. The minimum Gasteiger partial charge on any atom is -0.506 e. The van der Waals surface area contributed by atoms with E-state index in [9.17, 15) is 5.11 Å². The van der Waals surface area contributed by atoms with E-state index in [-0.39, 0.29) is 5.75 Å². The molecule has 0 saturated carbocycles. The molecule has 0 saturated heterocycles. The Kier molecular flexibility index (Phi) is 4.60. The summed E-state index contributed by atoms with van der Waals surface area (Å²) in [4.78, 5) is 8.00. The van der Waals surface area contributed by atoms with Crippen molar-refractivity contribution in [2.45, 2.75) is 0 Å². The molecular formula is C13H13NO2. The highest BCUT2D eigenvalue weighted by Crippen LogP contribution is 2.25. The maximum Gasteiger partial charge on any atom is 0.139 e. The average Bonchev–Trinajstić information content (AvgIpc) is 2.36. The molecule has 0 spiro atoms. The summed E-state index contributed by atoms with van der Waals surface area (Å²) in [7, 11) is 0. The molecule has 2 rings (SSSR count). The highest BCUT2D eigenvalue weighted by molar-refractivity contribution is 5.65. The van der Waals surface area contributed by atoms with Crippen LogP contribution in [-0.2, 0) is 4.79 Å². The zero-order valence-electron chi connectivity index (χ0n) is 8.76. The second kappa shape index (κ2) is 6.24. The van der Waals surface area contributed by atoms with E-state index in [1.54, 1.807) is 12.1 Å². The Bertz CT molecular complexity index is 429. The standard InChI is InChI=1S/C12H11NO.CH2O/c14-12-9-5-4-8-11(12)13-10-6-2-1-3-7-10;1-2/h1-9,13-14H;1H2. The third-order valence-corrected chi connectivity index (χ3v) is 1.96. The molecule has 0 aliphatic heterocycles. The molecule has 16 heavy (non-hydrogen) atoms. The van der Waals surface area contributed by atoms with Crippen molar-refractivity contribution in [3.63, 3.8) is 0 Å². The molecule has 3 heteroatoms. The van der Waals surface area contributed by atoms with Crippen molar-refractivity contribution in [3.05, 3.63) is 54.6 Å². The summed E-state index contributed by atoms with van der Waals surface area (Å²) in [5.74, 6) is 0.261. The minimum absolute atomic E-state index is 0.261. The van der Waals surface area contributed by atoms with Gasteiger partial charge in [0.05, 0.1) is 5.69 Å². The molecule has 2 aromatic carbocycles. The van der Waals surface area contributed by atoms with Crippen molar-refractivity contribution in [2.24, 2.45) is 0 Å².